The number of likely N-dealkylation sites (N-methyl/N-ethyl adjacent to an activating group) is 1. The highest BCUT2D eigenvalue weighted by atomic mass is 32.1. The number of carbonyl (C=O) groups is 1. The number of ether oxygens (including phenoxy) is 1. The molecule has 164 valence electrons. The number of rotatable bonds is 10. The van der Waals surface area contributed by atoms with E-state index in [4.69, 9.17) is 9.72 Å². The van der Waals surface area contributed by atoms with E-state index in [-0.39, 0.29) is 11.6 Å². The summed E-state index contributed by atoms with van der Waals surface area (Å²) in [6, 6.07) is 11.4. The molecule has 1 amide bonds. The maximum absolute atomic E-state index is 13.4. The fourth-order valence-electron chi connectivity index (χ4n) is 3.25. The van der Waals surface area contributed by atoms with Crippen molar-refractivity contribution >= 4 is 38.3 Å². The molecule has 31 heavy (non-hydrogen) atoms. The van der Waals surface area contributed by atoms with Gasteiger partial charge in [0.25, 0.3) is 11.6 Å². The fraction of sp³-hybridized carbons (Fsp3) is 0.364. The number of amides is 1. The third-order valence-corrected chi connectivity index (χ3v) is 6.05. The van der Waals surface area contributed by atoms with Crippen LogP contribution < -0.4 is 9.64 Å². The molecule has 1 heterocycles. The summed E-state index contributed by atoms with van der Waals surface area (Å²) in [4.78, 5) is 32.5. The van der Waals surface area contributed by atoms with Crippen LogP contribution in [-0.4, -0.2) is 53.5 Å². The number of benzene rings is 2. The summed E-state index contributed by atoms with van der Waals surface area (Å²) in [5.74, 6) is 0.452. The van der Waals surface area contributed by atoms with Gasteiger partial charge in [0.1, 0.15) is 11.3 Å². The first-order valence-electron chi connectivity index (χ1n) is 10.3. The molecule has 0 radical (unpaired) electrons. The van der Waals surface area contributed by atoms with Gasteiger partial charge in [-0.2, -0.15) is 0 Å². The molecule has 0 bridgehead atoms. The molecule has 9 heteroatoms. The maximum atomic E-state index is 13.4. The van der Waals surface area contributed by atoms with Crippen LogP contribution in [0.15, 0.2) is 42.5 Å². The second-order valence-corrected chi connectivity index (χ2v) is 7.83. The van der Waals surface area contributed by atoms with E-state index in [1.54, 1.807) is 4.90 Å². The van der Waals surface area contributed by atoms with Crippen LogP contribution in [0.25, 0.3) is 10.2 Å². The summed E-state index contributed by atoms with van der Waals surface area (Å²) < 4.78 is 6.63. The highest BCUT2D eigenvalue weighted by Gasteiger charge is 2.23. The summed E-state index contributed by atoms with van der Waals surface area (Å²) in [6.07, 6.45) is 0. The number of nitrogens with zero attached hydrogens (tertiary/aromatic N) is 4. The van der Waals surface area contributed by atoms with Crippen LogP contribution in [0.2, 0.25) is 0 Å². The van der Waals surface area contributed by atoms with Crippen molar-refractivity contribution < 1.29 is 14.5 Å². The fourth-order valence-corrected chi connectivity index (χ4v) is 4.25. The average molecular weight is 443 g/mol. The zero-order valence-electron chi connectivity index (χ0n) is 17.9. The van der Waals surface area contributed by atoms with Gasteiger partial charge in [-0.1, -0.05) is 31.3 Å². The van der Waals surface area contributed by atoms with Crippen LogP contribution in [0.5, 0.6) is 5.75 Å². The van der Waals surface area contributed by atoms with Crippen LogP contribution in [0, 0.1) is 10.1 Å². The van der Waals surface area contributed by atoms with Gasteiger partial charge in [0.15, 0.2) is 5.13 Å². The minimum absolute atomic E-state index is 0.0485. The van der Waals surface area contributed by atoms with E-state index in [2.05, 4.69) is 18.7 Å². The molecular formula is C22H26N4O4S. The molecule has 0 unspecified atom stereocenters. The lowest BCUT2D eigenvalue weighted by Crippen LogP contribution is -2.38. The van der Waals surface area contributed by atoms with Gasteiger partial charge in [0.2, 0.25) is 0 Å². The summed E-state index contributed by atoms with van der Waals surface area (Å²) in [6.45, 7) is 9.52. The Morgan fingerprint density at radius 1 is 1.10 bits per heavy atom. The molecule has 3 rings (SSSR count). The van der Waals surface area contributed by atoms with Crippen molar-refractivity contribution in [3.63, 3.8) is 0 Å². The molecule has 0 spiro atoms. The highest BCUT2D eigenvalue weighted by molar-refractivity contribution is 7.22. The van der Waals surface area contributed by atoms with Crippen molar-refractivity contribution in [2.24, 2.45) is 0 Å². The van der Waals surface area contributed by atoms with Crippen molar-refractivity contribution in [3.8, 4) is 5.75 Å². The van der Waals surface area contributed by atoms with Gasteiger partial charge in [-0.05, 0) is 44.3 Å². The molecule has 3 aromatic rings. The van der Waals surface area contributed by atoms with E-state index in [0.29, 0.717) is 36.1 Å². The molecule has 0 aliphatic heterocycles. The number of carbonyl (C=O) groups excluding carboxylic acids is 1. The Morgan fingerprint density at radius 2 is 1.81 bits per heavy atom. The first-order valence-corrected chi connectivity index (χ1v) is 11.1. The van der Waals surface area contributed by atoms with Gasteiger partial charge in [0, 0.05) is 30.8 Å². The molecule has 0 aliphatic rings. The van der Waals surface area contributed by atoms with Gasteiger partial charge in [-0.15, -0.1) is 0 Å². The van der Waals surface area contributed by atoms with Crippen molar-refractivity contribution in [3.05, 3.63) is 58.1 Å². The van der Waals surface area contributed by atoms with Gasteiger partial charge >= 0.3 is 0 Å². The van der Waals surface area contributed by atoms with Gasteiger partial charge in [0.05, 0.1) is 16.2 Å². The smallest absolute Gasteiger partial charge is 0.269 e. The number of fused-ring (bicyclic) bond motifs is 1. The third-order valence-electron chi connectivity index (χ3n) is 5.01. The number of hydrogen-bond donors (Lipinski definition) is 0. The predicted octanol–water partition coefficient (Wildman–Crippen LogP) is 4.59. The first kappa shape index (κ1) is 22.6. The molecule has 8 nitrogen and oxygen atoms in total. The number of anilines is 1. The molecule has 0 fully saturated rings. The van der Waals surface area contributed by atoms with Crippen molar-refractivity contribution in [2.45, 2.75) is 20.8 Å². The van der Waals surface area contributed by atoms with Crippen LogP contribution in [0.1, 0.15) is 31.1 Å². The Morgan fingerprint density at radius 3 is 2.42 bits per heavy atom. The average Bonchev–Trinajstić information content (AvgIpc) is 3.21. The highest BCUT2D eigenvalue weighted by Crippen LogP contribution is 2.34. The lowest BCUT2D eigenvalue weighted by molar-refractivity contribution is -0.384. The van der Waals surface area contributed by atoms with E-state index < -0.39 is 4.92 Å². The van der Waals surface area contributed by atoms with E-state index in [1.165, 1.54) is 35.6 Å². The predicted molar refractivity (Wildman–Crippen MR) is 123 cm³/mol. The number of aromatic nitrogens is 1. The van der Waals surface area contributed by atoms with Crippen LogP contribution in [0.4, 0.5) is 10.8 Å². The number of thiazole rings is 1. The largest absolute Gasteiger partial charge is 0.492 e. The molecule has 0 N–H and O–H groups in total. The second-order valence-electron chi connectivity index (χ2n) is 6.82. The maximum Gasteiger partial charge on any atom is 0.269 e. The monoisotopic (exact) mass is 442 g/mol. The van der Waals surface area contributed by atoms with Crippen LogP contribution in [-0.2, 0) is 0 Å². The minimum atomic E-state index is -0.477. The normalized spacial score (nSPS) is 11.1. The van der Waals surface area contributed by atoms with E-state index in [1.807, 2.05) is 25.1 Å². The summed E-state index contributed by atoms with van der Waals surface area (Å²) in [5.41, 5.74) is 1.07. The Bertz CT molecular complexity index is 1050. The van der Waals surface area contributed by atoms with E-state index in [9.17, 15) is 14.9 Å². The molecule has 1 aromatic heterocycles. The van der Waals surface area contributed by atoms with Crippen molar-refractivity contribution in [1.29, 1.82) is 0 Å². The van der Waals surface area contributed by atoms with Crippen molar-refractivity contribution in [2.75, 3.05) is 37.7 Å². The van der Waals surface area contributed by atoms with Gasteiger partial charge < -0.3 is 9.64 Å². The quantitative estimate of drug-likeness (QED) is 0.337. The number of non-ortho nitro benzene ring substituents is 1. The first-order chi connectivity index (χ1) is 15.0. The molecule has 2 aromatic carbocycles. The standard InChI is InChI=1S/C22H26N4O4S/c1-4-24(5-2)14-15-25(21(27)16-10-12-17(13-11-16)26(28)29)22-23-20-18(30-6-3)8-7-9-19(20)31-22/h7-13H,4-6,14-15H2,1-3H3. The summed E-state index contributed by atoms with van der Waals surface area (Å²) in [7, 11) is 0. The summed E-state index contributed by atoms with van der Waals surface area (Å²) >= 11 is 1.43. The Balaban J connectivity index is 1.97. The Labute approximate surface area is 185 Å². The van der Waals surface area contributed by atoms with Crippen LogP contribution >= 0.6 is 11.3 Å². The minimum Gasteiger partial charge on any atom is -0.492 e. The molecule has 0 atom stereocenters. The number of hydrogen-bond acceptors (Lipinski definition) is 7. The van der Waals surface area contributed by atoms with Gasteiger partial charge in [-0.25, -0.2) is 4.98 Å². The number of nitro groups is 1. The topological polar surface area (TPSA) is 88.8 Å². The molecule has 0 aliphatic carbocycles. The number of nitro benzene ring substituents is 1. The zero-order chi connectivity index (χ0) is 22.4. The lowest BCUT2D eigenvalue weighted by Gasteiger charge is -2.24. The number of para-hydroxylation sites is 1. The van der Waals surface area contributed by atoms with Gasteiger partial charge in [-0.3, -0.25) is 19.8 Å². The Hall–Kier alpha value is -3.04. The molecule has 0 saturated heterocycles. The second kappa shape index (κ2) is 10.3. The van der Waals surface area contributed by atoms with Crippen molar-refractivity contribution in [1.82, 2.24) is 9.88 Å². The lowest BCUT2D eigenvalue weighted by atomic mass is 10.2. The van der Waals surface area contributed by atoms with E-state index >= 15 is 0 Å². The Kier molecular flexibility index (Phi) is 7.54. The molecule has 0 saturated carbocycles. The third kappa shape index (κ3) is 5.18. The summed E-state index contributed by atoms with van der Waals surface area (Å²) in [5, 5.41) is 11.5. The SMILES string of the molecule is CCOc1cccc2sc(N(CCN(CC)CC)C(=O)c3ccc([N+](=O)[O-])cc3)nc12. The van der Waals surface area contributed by atoms with Crippen LogP contribution in [0.3, 0.4) is 0 Å². The van der Waals surface area contributed by atoms with E-state index in [0.717, 1.165) is 23.3 Å². The zero-order valence-corrected chi connectivity index (χ0v) is 18.7. The molecular weight excluding hydrogens is 416 g/mol.